The van der Waals surface area contributed by atoms with Gasteiger partial charge in [0.1, 0.15) is 6.61 Å². The molecule has 2 N–H and O–H groups in total. The van der Waals surface area contributed by atoms with Crippen LogP contribution in [-0.4, -0.2) is 37.9 Å². The number of hydrogen-bond acceptors (Lipinski definition) is 3. The molecule has 1 aliphatic heterocycles. The number of rotatable bonds is 1. The van der Waals surface area contributed by atoms with E-state index in [0.717, 1.165) is 31.7 Å². The second-order valence-electron chi connectivity index (χ2n) is 3.74. The van der Waals surface area contributed by atoms with Crippen molar-refractivity contribution in [3.63, 3.8) is 0 Å². The lowest BCUT2D eigenvalue weighted by atomic mass is 10.2. The highest BCUT2D eigenvalue weighted by atomic mass is 16.2. The summed E-state index contributed by atoms with van der Waals surface area (Å²) in [6.45, 7) is 4.13. The van der Waals surface area contributed by atoms with E-state index in [9.17, 15) is 0 Å². The average Bonchev–Trinajstić information content (AvgIpc) is 2.38. The third-order valence-electron chi connectivity index (χ3n) is 2.66. The Morgan fingerprint density at radius 2 is 1.88 bits per heavy atom. The van der Waals surface area contributed by atoms with Crippen molar-refractivity contribution in [1.82, 2.24) is 5.32 Å². The van der Waals surface area contributed by atoms with Crippen LogP contribution < -0.4 is 10.2 Å². The molecule has 0 saturated carbocycles. The quantitative estimate of drug-likeness (QED) is 0.669. The Bertz CT molecular complexity index is 383. The Morgan fingerprint density at radius 3 is 2.50 bits per heavy atom. The van der Waals surface area contributed by atoms with E-state index in [-0.39, 0.29) is 6.61 Å². The maximum absolute atomic E-state index is 8.60. The number of piperazine rings is 1. The number of aliphatic hydroxyl groups excluding tert-OH is 1. The maximum Gasteiger partial charge on any atom is 0.104 e. The summed E-state index contributed by atoms with van der Waals surface area (Å²) < 4.78 is 0. The van der Waals surface area contributed by atoms with Crippen molar-refractivity contribution in [1.29, 1.82) is 0 Å². The van der Waals surface area contributed by atoms with E-state index < -0.39 is 0 Å². The van der Waals surface area contributed by atoms with Crippen molar-refractivity contribution in [3.8, 4) is 11.8 Å². The molecule has 1 aromatic rings. The van der Waals surface area contributed by atoms with Crippen molar-refractivity contribution < 1.29 is 5.11 Å². The van der Waals surface area contributed by atoms with Gasteiger partial charge in [-0.3, -0.25) is 0 Å². The van der Waals surface area contributed by atoms with E-state index >= 15 is 0 Å². The summed E-state index contributed by atoms with van der Waals surface area (Å²) in [5.74, 6) is 5.54. The van der Waals surface area contributed by atoms with Gasteiger partial charge in [-0.05, 0) is 24.3 Å². The highest BCUT2D eigenvalue weighted by molar-refractivity contribution is 5.50. The molecular formula is C13H16N2O. The standard InChI is InChI=1S/C13H16N2O/c16-11-1-2-12-3-5-13(6-4-12)15-9-7-14-8-10-15/h3-6,14,16H,7-11H2. The lowest BCUT2D eigenvalue weighted by molar-refractivity contribution is 0.350. The minimum atomic E-state index is -0.0838. The van der Waals surface area contributed by atoms with Crippen LogP contribution in [0.2, 0.25) is 0 Å². The van der Waals surface area contributed by atoms with E-state index in [4.69, 9.17) is 5.11 Å². The van der Waals surface area contributed by atoms with Crippen LogP contribution in [0.15, 0.2) is 24.3 Å². The zero-order valence-electron chi connectivity index (χ0n) is 9.24. The number of benzene rings is 1. The molecule has 84 valence electrons. The number of nitrogens with one attached hydrogen (secondary N) is 1. The summed E-state index contributed by atoms with van der Waals surface area (Å²) in [4.78, 5) is 2.36. The van der Waals surface area contributed by atoms with Crippen LogP contribution in [0, 0.1) is 11.8 Å². The maximum atomic E-state index is 8.60. The SMILES string of the molecule is OCC#Cc1ccc(N2CCNCC2)cc1. The summed E-state index contributed by atoms with van der Waals surface area (Å²) in [5.41, 5.74) is 2.20. The molecular weight excluding hydrogens is 200 g/mol. The van der Waals surface area contributed by atoms with Gasteiger partial charge in [-0.1, -0.05) is 11.8 Å². The van der Waals surface area contributed by atoms with Gasteiger partial charge in [0.15, 0.2) is 0 Å². The highest BCUT2D eigenvalue weighted by Gasteiger charge is 2.09. The number of anilines is 1. The molecule has 0 aromatic heterocycles. The summed E-state index contributed by atoms with van der Waals surface area (Å²) in [7, 11) is 0. The van der Waals surface area contributed by atoms with Crippen molar-refractivity contribution in [2.24, 2.45) is 0 Å². The van der Waals surface area contributed by atoms with Crippen LogP contribution in [0.3, 0.4) is 0 Å². The monoisotopic (exact) mass is 216 g/mol. The molecule has 1 fully saturated rings. The van der Waals surface area contributed by atoms with E-state index in [1.165, 1.54) is 5.69 Å². The van der Waals surface area contributed by atoms with Crippen molar-refractivity contribution in [2.75, 3.05) is 37.7 Å². The zero-order valence-corrected chi connectivity index (χ0v) is 9.24. The number of nitrogens with zero attached hydrogens (tertiary/aromatic N) is 1. The van der Waals surface area contributed by atoms with Crippen molar-refractivity contribution in [3.05, 3.63) is 29.8 Å². The second-order valence-corrected chi connectivity index (χ2v) is 3.74. The largest absolute Gasteiger partial charge is 0.384 e. The van der Waals surface area contributed by atoms with Gasteiger partial charge in [0.05, 0.1) is 0 Å². The van der Waals surface area contributed by atoms with Crippen molar-refractivity contribution in [2.45, 2.75) is 0 Å². The number of hydrogen-bond donors (Lipinski definition) is 2. The van der Waals surface area contributed by atoms with Crippen LogP contribution in [-0.2, 0) is 0 Å². The predicted molar refractivity (Wildman–Crippen MR) is 65.5 cm³/mol. The number of aliphatic hydroxyl groups is 1. The molecule has 0 aliphatic carbocycles. The topological polar surface area (TPSA) is 35.5 Å². The molecule has 3 heteroatoms. The van der Waals surface area contributed by atoms with Gasteiger partial charge in [0.25, 0.3) is 0 Å². The van der Waals surface area contributed by atoms with Gasteiger partial charge < -0.3 is 15.3 Å². The summed E-state index contributed by atoms with van der Waals surface area (Å²) in [6, 6.07) is 8.18. The Labute approximate surface area is 96.1 Å². The zero-order chi connectivity index (χ0) is 11.2. The summed E-state index contributed by atoms with van der Waals surface area (Å²) in [6.07, 6.45) is 0. The lowest BCUT2D eigenvalue weighted by Crippen LogP contribution is -2.43. The highest BCUT2D eigenvalue weighted by Crippen LogP contribution is 2.15. The predicted octanol–water partition coefficient (Wildman–Crippen LogP) is 0.440. The molecule has 0 amide bonds. The van der Waals surface area contributed by atoms with Crippen LogP contribution >= 0.6 is 0 Å². The average molecular weight is 216 g/mol. The van der Waals surface area contributed by atoms with Crippen LogP contribution in [0.5, 0.6) is 0 Å². The minimum absolute atomic E-state index is 0.0838. The fourth-order valence-electron chi connectivity index (χ4n) is 1.82. The Morgan fingerprint density at radius 1 is 1.19 bits per heavy atom. The molecule has 2 rings (SSSR count). The molecule has 1 saturated heterocycles. The van der Waals surface area contributed by atoms with Crippen molar-refractivity contribution >= 4 is 5.69 Å². The van der Waals surface area contributed by atoms with Gasteiger partial charge in [0.2, 0.25) is 0 Å². The molecule has 16 heavy (non-hydrogen) atoms. The molecule has 0 atom stereocenters. The first kappa shape index (κ1) is 11.0. The van der Waals surface area contributed by atoms with Crippen LogP contribution in [0.4, 0.5) is 5.69 Å². The molecule has 0 bridgehead atoms. The van der Waals surface area contributed by atoms with Crippen LogP contribution in [0.1, 0.15) is 5.56 Å². The van der Waals surface area contributed by atoms with E-state index in [0.29, 0.717) is 0 Å². The fraction of sp³-hybridized carbons (Fsp3) is 0.385. The molecule has 1 aliphatic rings. The van der Waals surface area contributed by atoms with Crippen LogP contribution in [0.25, 0.3) is 0 Å². The van der Waals surface area contributed by atoms with Gasteiger partial charge in [0, 0.05) is 37.4 Å². The Hall–Kier alpha value is -1.50. The first-order valence-corrected chi connectivity index (χ1v) is 5.55. The van der Waals surface area contributed by atoms with Gasteiger partial charge in [-0.15, -0.1) is 0 Å². The fourth-order valence-corrected chi connectivity index (χ4v) is 1.82. The van der Waals surface area contributed by atoms with Gasteiger partial charge in [-0.25, -0.2) is 0 Å². The molecule has 3 nitrogen and oxygen atoms in total. The van der Waals surface area contributed by atoms with E-state index in [1.807, 2.05) is 12.1 Å². The van der Waals surface area contributed by atoms with E-state index in [2.05, 4.69) is 34.2 Å². The lowest BCUT2D eigenvalue weighted by Gasteiger charge is -2.29. The van der Waals surface area contributed by atoms with Gasteiger partial charge >= 0.3 is 0 Å². The van der Waals surface area contributed by atoms with E-state index in [1.54, 1.807) is 0 Å². The summed E-state index contributed by atoms with van der Waals surface area (Å²) >= 11 is 0. The Balaban J connectivity index is 2.06. The Kier molecular flexibility index (Phi) is 3.81. The normalized spacial score (nSPS) is 15.4. The molecule has 1 heterocycles. The minimum Gasteiger partial charge on any atom is -0.384 e. The first-order chi connectivity index (χ1) is 7.90. The molecule has 1 aromatic carbocycles. The smallest absolute Gasteiger partial charge is 0.104 e. The molecule has 0 radical (unpaired) electrons. The third kappa shape index (κ3) is 2.75. The summed E-state index contributed by atoms with van der Waals surface area (Å²) in [5, 5.41) is 11.9. The second kappa shape index (κ2) is 5.55. The molecule has 0 unspecified atom stereocenters. The first-order valence-electron chi connectivity index (χ1n) is 5.55. The molecule has 0 spiro atoms. The third-order valence-corrected chi connectivity index (χ3v) is 2.66. The van der Waals surface area contributed by atoms with Gasteiger partial charge in [-0.2, -0.15) is 0 Å².